The van der Waals surface area contributed by atoms with Gasteiger partial charge in [-0.3, -0.25) is 4.79 Å². The van der Waals surface area contributed by atoms with E-state index in [1.54, 1.807) is 0 Å². The van der Waals surface area contributed by atoms with Crippen molar-refractivity contribution < 1.29 is 18.0 Å². The van der Waals surface area contributed by atoms with Gasteiger partial charge in [-0.15, -0.1) is 12.4 Å². The Balaban J connectivity index is 0.00000324. The van der Waals surface area contributed by atoms with Gasteiger partial charge < -0.3 is 10.6 Å². The highest BCUT2D eigenvalue weighted by atomic mass is 35.5. The zero-order chi connectivity index (χ0) is 13.5. The van der Waals surface area contributed by atoms with Gasteiger partial charge in [0.2, 0.25) is 0 Å². The number of halogens is 4. The molecule has 0 aromatic heterocycles. The van der Waals surface area contributed by atoms with Gasteiger partial charge in [0.15, 0.2) is 17.5 Å². The van der Waals surface area contributed by atoms with Crippen molar-refractivity contribution in [1.82, 2.24) is 10.6 Å². The molecular weight excluding hydrogens is 281 g/mol. The summed E-state index contributed by atoms with van der Waals surface area (Å²) in [7, 11) is 0. The number of rotatable bonds is 6. The van der Waals surface area contributed by atoms with Crippen molar-refractivity contribution in [1.29, 1.82) is 0 Å². The number of benzene rings is 1. The molecule has 0 atom stereocenters. The van der Waals surface area contributed by atoms with Gasteiger partial charge in [-0.05, 0) is 25.1 Å². The van der Waals surface area contributed by atoms with Crippen molar-refractivity contribution in [2.24, 2.45) is 0 Å². The molecular formula is C12H16ClF3N2O. The third kappa shape index (κ3) is 5.08. The summed E-state index contributed by atoms with van der Waals surface area (Å²) in [6.45, 7) is 3.64. The van der Waals surface area contributed by atoms with Crippen LogP contribution < -0.4 is 10.6 Å². The highest BCUT2D eigenvalue weighted by Gasteiger charge is 2.18. The maximum Gasteiger partial charge on any atom is 0.254 e. The van der Waals surface area contributed by atoms with E-state index in [1.807, 2.05) is 6.92 Å². The van der Waals surface area contributed by atoms with E-state index in [9.17, 15) is 18.0 Å². The molecule has 0 radical (unpaired) electrons. The van der Waals surface area contributed by atoms with Crippen LogP contribution in [0, 0.1) is 17.5 Å². The molecule has 0 aliphatic carbocycles. The average Bonchev–Trinajstić information content (AvgIpc) is 2.35. The number of amides is 1. The lowest BCUT2D eigenvalue weighted by atomic mass is 10.2. The average molecular weight is 297 g/mol. The fourth-order valence-corrected chi connectivity index (χ4v) is 1.36. The van der Waals surface area contributed by atoms with E-state index in [2.05, 4.69) is 10.6 Å². The van der Waals surface area contributed by atoms with Gasteiger partial charge in [-0.1, -0.05) is 6.92 Å². The van der Waals surface area contributed by atoms with Crippen molar-refractivity contribution >= 4 is 18.3 Å². The van der Waals surface area contributed by atoms with E-state index in [1.165, 1.54) is 0 Å². The second kappa shape index (κ2) is 8.77. The van der Waals surface area contributed by atoms with Crippen LogP contribution >= 0.6 is 12.4 Å². The molecule has 19 heavy (non-hydrogen) atoms. The third-order valence-corrected chi connectivity index (χ3v) is 2.29. The Bertz CT molecular complexity index is 430. The largest absolute Gasteiger partial charge is 0.351 e. The predicted octanol–water partition coefficient (Wildman–Crippen LogP) is 2.26. The van der Waals surface area contributed by atoms with E-state index in [0.29, 0.717) is 6.54 Å². The number of carbonyl (C=O) groups is 1. The minimum Gasteiger partial charge on any atom is -0.351 e. The molecule has 0 aliphatic rings. The Morgan fingerprint density at radius 3 is 2.42 bits per heavy atom. The van der Waals surface area contributed by atoms with Gasteiger partial charge >= 0.3 is 0 Å². The van der Waals surface area contributed by atoms with E-state index in [4.69, 9.17) is 0 Å². The third-order valence-electron chi connectivity index (χ3n) is 2.29. The minimum atomic E-state index is -1.63. The number of hydrogen-bond donors (Lipinski definition) is 2. The molecule has 2 N–H and O–H groups in total. The molecule has 1 aromatic rings. The molecule has 0 bridgehead atoms. The van der Waals surface area contributed by atoms with E-state index in [0.717, 1.165) is 25.1 Å². The van der Waals surface area contributed by atoms with E-state index in [-0.39, 0.29) is 19.0 Å². The van der Waals surface area contributed by atoms with Crippen LogP contribution in [0.4, 0.5) is 13.2 Å². The lowest BCUT2D eigenvalue weighted by Crippen LogP contribution is -2.32. The molecule has 0 unspecified atom stereocenters. The summed E-state index contributed by atoms with van der Waals surface area (Å²) in [5, 5.41) is 5.45. The van der Waals surface area contributed by atoms with Gasteiger partial charge in [0, 0.05) is 13.1 Å². The first-order valence-corrected chi connectivity index (χ1v) is 5.70. The quantitative estimate of drug-likeness (QED) is 0.624. The van der Waals surface area contributed by atoms with Crippen LogP contribution in [-0.2, 0) is 0 Å². The van der Waals surface area contributed by atoms with E-state index < -0.39 is 28.9 Å². The smallest absolute Gasteiger partial charge is 0.254 e. The van der Waals surface area contributed by atoms with Crippen LogP contribution in [0.5, 0.6) is 0 Å². The lowest BCUT2D eigenvalue weighted by molar-refractivity contribution is 0.0948. The van der Waals surface area contributed by atoms with Crippen LogP contribution in [0.25, 0.3) is 0 Å². The molecule has 7 heteroatoms. The summed E-state index contributed by atoms with van der Waals surface area (Å²) in [4.78, 5) is 11.5. The molecule has 0 saturated carbocycles. The Morgan fingerprint density at radius 2 is 1.79 bits per heavy atom. The molecule has 0 aliphatic heterocycles. The second-order valence-electron chi connectivity index (χ2n) is 3.73. The van der Waals surface area contributed by atoms with Gasteiger partial charge in [0.1, 0.15) is 0 Å². The summed E-state index contributed by atoms with van der Waals surface area (Å²) in [5.74, 6) is -5.17. The Hall–Kier alpha value is -1.27. The van der Waals surface area contributed by atoms with Crippen LogP contribution in [0.2, 0.25) is 0 Å². The van der Waals surface area contributed by atoms with Crippen molar-refractivity contribution in [2.45, 2.75) is 13.3 Å². The van der Waals surface area contributed by atoms with Crippen LogP contribution in [0.15, 0.2) is 12.1 Å². The zero-order valence-electron chi connectivity index (χ0n) is 10.4. The van der Waals surface area contributed by atoms with Crippen LogP contribution in [-0.4, -0.2) is 25.5 Å². The highest BCUT2D eigenvalue weighted by molar-refractivity contribution is 5.94. The molecule has 108 valence electrons. The molecule has 1 amide bonds. The lowest BCUT2D eigenvalue weighted by Gasteiger charge is -2.07. The fraction of sp³-hybridized carbons (Fsp3) is 0.417. The van der Waals surface area contributed by atoms with Crippen molar-refractivity contribution in [2.75, 3.05) is 19.6 Å². The van der Waals surface area contributed by atoms with Gasteiger partial charge in [0.25, 0.3) is 5.91 Å². The molecule has 0 fully saturated rings. The topological polar surface area (TPSA) is 41.1 Å². The highest BCUT2D eigenvalue weighted by Crippen LogP contribution is 2.14. The molecule has 1 aromatic carbocycles. The summed E-state index contributed by atoms with van der Waals surface area (Å²) >= 11 is 0. The predicted molar refractivity (Wildman–Crippen MR) is 69.1 cm³/mol. The van der Waals surface area contributed by atoms with E-state index >= 15 is 0 Å². The number of carbonyl (C=O) groups excluding carboxylic acids is 1. The Morgan fingerprint density at radius 1 is 1.11 bits per heavy atom. The minimum absolute atomic E-state index is 0. The Kier molecular flexibility index (Phi) is 8.18. The SMILES string of the molecule is CCCNCCNC(=O)c1ccc(F)c(F)c1F.Cl. The summed E-state index contributed by atoms with van der Waals surface area (Å²) in [5.41, 5.74) is -0.496. The van der Waals surface area contributed by atoms with Gasteiger partial charge in [-0.25, -0.2) is 13.2 Å². The maximum absolute atomic E-state index is 13.3. The standard InChI is InChI=1S/C12H15F3N2O.ClH/c1-2-5-16-6-7-17-12(18)8-3-4-9(13)11(15)10(8)14;/h3-4,16H,2,5-7H2,1H3,(H,17,18);1H. The maximum atomic E-state index is 13.3. The molecule has 1 rings (SSSR count). The second-order valence-corrected chi connectivity index (χ2v) is 3.73. The van der Waals surface area contributed by atoms with Gasteiger partial charge in [0.05, 0.1) is 5.56 Å². The van der Waals surface area contributed by atoms with Gasteiger partial charge in [-0.2, -0.15) is 0 Å². The monoisotopic (exact) mass is 296 g/mol. The van der Waals surface area contributed by atoms with Crippen LogP contribution in [0.3, 0.4) is 0 Å². The summed E-state index contributed by atoms with van der Waals surface area (Å²) in [6.07, 6.45) is 0.964. The molecule has 3 nitrogen and oxygen atoms in total. The molecule has 0 spiro atoms. The first-order chi connectivity index (χ1) is 8.57. The van der Waals surface area contributed by atoms with Crippen molar-refractivity contribution in [3.63, 3.8) is 0 Å². The van der Waals surface area contributed by atoms with Crippen molar-refractivity contribution in [3.05, 3.63) is 35.1 Å². The van der Waals surface area contributed by atoms with Crippen molar-refractivity contribution in [3.8, 4) is 0 Å². The summed E-state index contributed by atoms with van der Waals surface area (Å²) < 4.78 is 38.8. The number of nitrogens with one attached hydrogen (secondary N) is 2. The molecule has 0 heterocycles. The Labute approximate surface area is 116 Å². The normalized spacial score (nSPS) is 9.89. The first-order valence-electron chi connectivity index (χ1n) is 5.70. The first kappa shape index (κ1) is 17.7. The fourth-order valence-electron chi connectivity index (χ4n) is 1.36. The van der Waals surface area contributed by atoms with Crippen LogP contribution in [0.1, 0.15) is 23.7 Å². The molecule has 0 saturated heterocycles. The summed E-state index contributed by atoms with van der Waals surface area (Å²) in [6, 6.07) is 1.64. The zero-order valence-corrected chi connectivity index (χ0v) is 11.3. The number of hydrogen-bond acceptors (Lipinski definition) is 2.